The lowest BCUT2D eigenvalue weighted by atomic mass is 9.87. The highest BCUT2D eigenvalue weighted by atomic mass is 19.3. The van der Waals surface area contributed by atoms with Gasteiger partial charge in [-0.15, -0.1) is 0 Å². The van der Waals surface area contributed by atoms with Crippen LogP contribution >= 0.6 is 0 Å². The Morgan fingerprint density at radius 1 is 0.826 bits per heavy atom. The molecule has 3 aromatic rings. The van der Waals surface area contributed by atoms with E-state index in [-0.39, 0.29) is 5.78 Å². The molecule has 0 fully saturated rings. The Labute approximate surface area is 133 Å². The number of ketones is 1. The van der Waals surface area contributed by atoms with Gasteiger partial charge in [0.2, 0.25) is 6.43 Å². The van der Waals surface area contributed by atoms with Crippen LogP contribution in [0.4, 0.5) is 8.78 Å². The number of carbonyl (C=O) groups is 1. The maximum Gasteiger partial charge on any atom is 0.239 e. The maximum atomic E-state index is 12.9. The van der Waals surface area contributed by atoms with Crippen molar-refractivity contribution in [2.45, 2.75) is 18.8 Å². The van der Waals surface area contributed by atoms with Gasteiger partial charge < -0.3 is 0 Å². The van der Waals surface area contributed by atoms with Crippen molar-refractivity contribution in [3.05, 3.63) is 83.9 Å². The van der Waals surface area contributed by atoms with Crippen LogP contribution < -0.4 is 0 Å². The Morgan fingerprint density at radius 2 is 1.48 bits per heavy atom. The molecular weight excluding hydrogens is 294 g/mol. The molecule has 23 heavy (non-hydrogen) atoms. The third-order valence-electron chi connectivity index (χ3n) is 3.97. The third kappa shape index (κ3) is 3.45. The zero-order valence-corrected chi connectivity index (χ0v) is 12.5. The molecule has 116 valence electrons. The summed E-state index contributed by atoms with van der Waals surface area (Å²) in [5.41, 5.74) is 1.10. The Balaban J connectivity index is 1.99. The minimum atomic E-state index is -2.52. The fourth-order valence-corrected chi connectivity index (χ4v) is 2.80. The van der Waals surface area contributed by atoms with Gasteiger partial charge in [0.15, 0.2) is 5.78 Å². The molecule has 0 spiro atoms. The van der Waals surface area contributed by atoms with Crippen LogP contribution in [-0.2, 0) is 0 Å². The summed E-state index contributed by atoms with van der Waals surface area (Å²) in [6.07, 6.45) is -2.99. The summed E-state index contributed by atoms with van der Waals surface area (Å²) in [4.78, 5) is 12.8. The van der Waals surface area contributed by atoms with Gasteiger partial charge in [-0.3, -0.25) is 4.79 Å². The molecule has 0 aliphatic carbocycles. The molecule has 0 aromatic heterocycles. The van der Waals surface area contributed by atoms with Crippen LogP contribution in [0, 0.1) is 0 Å². The molecule has 3 aromatic carbocycles. The first-order valence-electron chi connectivity index (χ1n) is 7.51. The summed E-state index contributed by atoms with van der Waals surface area (Å²) in [6, 6.07) is 21.8. The topological polar surface area (TPSA) is 17.1 Å². The molecule has 0 aliphatic rings. The third-order valence-corrected chi connectivity index (χ3v) is 3.97. The molecule has 1 nitrogen and oxygen atoms in total. The Bertz CT molecular complexity index is 812. The molecule has 3 heteroatoms. The molecule has 0 aliphatic heterocycles. The van der Waals surface area contributed by atoms with E-state index in [1.165, 1.54) is 0 Å². The highest BCUT2D eigenvalue weighted by Gasteiger charge is 2.25. The van der Waals surface area contributed by atoms with E-state index in [1.807, 2.05) is 36.4 Å². The van der Waals surface area contributed by atoms with Crippen molar-refractivity contribution in [1.82, 2.24) is 0 Å². The predicted molar refractivity (Wildman–Crippen MR) is 88.1 cm³/mol. The number of fused-ring (bicyclic) bond motifs is 1. The smallest absolute Gasteiger partial charge is 0.239 e. The molecular formula is C20H16F2O. The summed E-state index contributed by atoms with van der Waals surface area (Å²) >= 11 is 0. The van der Waals surface area contributed by atoms with Crippen molar-refractivity contribution >= 4 is 16.6 Å². The fourth-order valence-electron chi connectivity index (χ4n) is 2.80. The maximum absolute atomic E-state index is 12.9. The predicted octanol–water partition coefficient (Wildman–Crippen LogP) is 5.46. The molecule has 0 saturated heterocycles. The summed E-state index contributed by atoms with van der Waals surface area (Å²) < 4.78 is 25.9. The van der Waals surface area contributed by atoms with Gasteiger partial charge in [-0.1, -0.05) is 66.7 Å². The first-order chi connectivity index (χ1) is 11.1. The second kappa shape index (κ2) is 6.69. The molecule has 0 amide bonds. The van der Waals surface area contributed by atoms with Gasteiger partial charge in [0.25, 0.3) is 0 Å². The number of benzene rings is 3. The summed E-state index contributed by atoms with van der Waals surface area (Å²) in [7, 11) is 0. The number of hydrogen-bond donors (Lipinski definition) is 0. The van der Waals surface area contributed by atoms with Crippen LogP contribution in [0.2, 0.25) is 0 Å². The number of alkyl halides is 2. The number of rotatable bonds is 5. The SMILES string of the molecule is O=C(c1ccc2ccccc2c1)C(CC(F)F)c1ccccc1. The minimum absolute atomic E-state index is 0.262. The second-order valence-corrected chi connectivity index (χ2v) is 5.52. The van der Waals surface area contributed by atoms with Crippen LogP contribution in [0.25, 0.3) is 10.8 Å². The van der Waals surface area contributed by atoms with Crippen molar-refractivity contribution in [3.63, 3.8) is 0 Å². The minimum Gasteiger partial charge on any atom is -0.293 e. The van der Waals surface area contributed by atoms with Crippen molar-refractivity contribution < 1.29 is 13.6 Å². The van der Waals surface area contributed by atoms with Crippen LogP contribution in [0.3, 0.4) is 0 Å². The van der Waals surface area contributed by atoms with E-state index in [1.54, 1.807) is 36.4 Å². The van der Waals surface area contributed by atoms with Crippen molar-refractivity contribution in [1.29, 1.82) is 0 Å². The van der Waals surface area contributed by atoms with E-state index >= 15 is 0 Å². The summed E-state index contributed by atoms with van der Waals surface area (Å²) in [5.74, 6) is -1.08. The average Bonchev–Trinajstić information content (AvgIpc) is 2.59. The number of carbonyl (C=O) groups excluding carboxylic acids is 1. The average molecular weight is 310 g/mol. The van der Waals surface area contributed by atoms with Gasteiger partial charge >= 0.3 is 0 Å². The van der Waals surface area contributed by atoms with Gasteiger partial charge in [0, 0.05) is 12.0 Å². The van der Waals surface area contributed by atoms with Crippen molar-refractivity contribution in [2.75, 3.05) is 0 Å². The van der Waals surface area contributed by atoms with Crippen molar-refractivity contribution in [2.24, 2.45) is 0 Å². The second-order valence-electron chi connectivity index (χ2n) is 5.52. The van der Waals surface area contributed by atoms with Crippen LogP contribution in [0.15, 0.2) is 72.8 Å². The van der Waals surface area contributed by atoms with Crippen LogP contribution in [0.5, 0.6) is 0 Å². The lowest BCUT2D eigenvalue weighted by Crippen LogP contribution is -2.16. The van der Waals surface area contributed by atoms with Crippen LogP contribution in [0.1, 0.15) is 28.3 Å². The molecule has 0 heterocycles. The highest BCUT2D eigenvalue weighted by molar-refractivity contribution is 6.03. The van der Waals surface area contributed by atoms with E-state index < -0.39 is 18.8 Å². The fraction of sp³-hybridized carbons (Fsp3) is 0.150. The standard InChI is InChI=1S/C20H16F2O/c21-19(22)13-18(15-7-2-1-3-8-15)20(23)17-11-10-14-6-4-5-9-16(14)12-17/h1-12,18-19H,13H2. The molecule has 1 atom stereocenters. The Hall–Kier alpha value is -2.55. The molecule has 0 bridgehead atoms. The highest BCUT2D eigenvalue weighted by Crippen LogP contribution is 2.28. The first kappa shape index (κ1) is 15.3. The summed E-state index contributed by atoms with van der Waals surface area (Å²) in [6.45, 7) is 0. The lowest BCUT2D eigenvalue weighted by Gasteiger charge is -2.16. The number of Topliss-reactive ketones (excluding diaryl/α,β-unsaturated/α-hetero) is 1. The van der Waals surface area contributed by atoms with Crippen molar-refractivity contribution in [3.8, 4) is 0 Å². The monoisotopic (exact) mass is 310 g/mol. The normalized spacial score (nSPS) is 12.5. The molecule has 1 unspecified atom stereocenters. The van der Waals surface area contributed by atoms with E-state index in [0.29, 0.717) is 11.1 Å². The number of halogens is 2. The van der Waals surface area contributed by atoms with Crippen LogP contribution in [-0.4, -0.2) is 12.2 Å². The Morgan fingerprint density at radius 3 is 2.17 bits per heavy atom. The lowest BCUT2D eigenvalue weighted by molar-refractivity contribution is 0.0861. The van der Waals surface area contributed by atoms with Gasteiger partial charge in [0.05, 0.1) is 5.92 Å². The van der Waals surface area contributed by atoms with Gasteiger partial charge in [-0.2, -0.15) is 0 Å². The first-order valence-corrected chi connectivity index (χ1v) is 7.51. The molecule has 0 N–H and O–H groups in total. The van der Waals surface area contributed by atoms with E-state index in [2.05, 4.69) is 0 Å². The largest absolute Gasteiger partial charge is 0.293 e. The zero-order valence-electron chi connectivity index (χ0n) is 12.5. The molecule has 0 radical (unpaired) electrons. The van der Waals surface area contributed by atoms with Gasteiger partial charge in [-0.25, -0.2) is 8.78 Å². The number of hydrogen-bond acceptors (Lipinski definition) is 1. The van der Waals surface area contributed by atoms with E-state index in [4.69, 9.17) is 0 Å². The van der Waals surface area contributed by atoms with E-state index in [9.17, 15) is 13.6 Å². The molecule has 3 rings (SSSR count). The quantitative estimate of drug-likeness (QED) is 0.572. The summed E-state index contributed by atoms with van der Waals surface area (Å²) in [5, 5.41) is 1.95. The van der Waals surface area contributed by atoms with E-state index in [0.717, 1.165) is 10.8 Å². The zero-order chi connectivity index (χ0) is 16.2. The van der Waals surface area contributed by atoms with Gasteiger partial charge in [-0.05, 0) is 22.4 Å². The van der Waals surface area contributed by atoms with Gasteiger partial charge in [0.1, 0.15) is 0 Å². The Kier molecular flexibility index (Phi) is 4.47. The molecule has 0 saturated carbocycles.